The van der Waals surface area contributed by atoms with E-state index >= 15 is 0 Å². The van der Waals surface area contributed by atoms with E-state index in [1.165, 1.54) is 0 Å². The monoisotopic (exact) mass is 323 g/mol. The van der Waals surface area contributed by atoms with Crippen molar-refractivity contribution in [2.24, 2.45) is 0 Å². The van der Waals surface area contributed by atoms with Crippen LogP contribution in [0.3, 0.4) is 0 Å². The predicted molar refractivity (Wildman–Crippen MR) is 92.0 cm³/mol. The predicted octanol–water partition coefficient (Wildman–Crippen LogP) is 2.44. The Morgan fingerprint density at radius 2 is 2.08 bits per heavy atom. The average Bonchev–Trinajstić information content (AvgIpc) is 2.98. The molecule has 0 radical (unpaired) electrons. The number of nitrogens with zero attached hydrogens (tertiary/aromatic N) is 5. The van der Waals surface area contributed by atoms with Crippen LogP contribution in [0.25, 0.3) is 5.65 Å². The van der Waals surface area contributed by atoms with Gasteiger partial charge >= 0.3 is 0 Å². The summed E-state index contributed by atoms with van der Waals surface area (Å²) in [5.74, 6) is -0.0811. The van der Waals surface area contributed by atoms with Gasteiger partial charge in [0.25, 0.3) is 5.91 Å². The fraction of sp³-hybridized carbons (Fsp3) is 0.333. The van der Waals surface area contributed by atoms with Crippen LogP contribution in [-0.2, 0) is 6.42 Å². The average molecular weight is 323 g/mol. The van der Waals surface area contributed by atoms with Crippen LogP contribution < -0.4 is 0 Å². The van der Waals surface area contributed by atoms with E-state index in [0.29, 0.717) is 17.6 Å². The van der Waals surface area contributed by atoms with E-state index in [1.54, 1.807) is 28.0 Å². The molecular formula is C18H21N5O. The molecule has 6 heteroatoms. The summed E-state index contributed by atoms with van der Waals surface area (Å²) in [6.45, 7) is 6.00. The maximum atomic E-state index is 12.8. The molecule has 0 aliphatic carbocycles. The second-order valence-electron chi connectivity index (χ2n) is 6.19. The maximum Gasteiger partial charge on any atom is 0.259 e. The van der Waals surface area contributed by atoms with E-state index in [9.17, 15) is 4.79 Å². The lowest BCUT2D eigenvalue weighted by Crippen LogP contribution is -2.36. The zero-order chi connectivity index (χ0) is 17.3. The van der Waals surface area contributed by atoms with Gasteiger partial charge in [0.15, 0.2) is 5.65 Å². The topological polar surface area (TPSA) is 63.4 Å². The summed E-state index contributed by atoms with van der Waals surface area (Å²) in [6.07, 6.45) is 7.68. The molecule has 1 amide bonds. The Labute approximate surface area is 141 Å². The Kier molecular flexibility index (Phi) is 4.29. The van der Waals surface area contributed by atoms with Crippen molar-refractivity contribution < 1.29 is 4.79 Å². The van der Waals surface area contributed by atoms with Crippen LogP contribution in [0.2, 0.25) is 0 Å². The van der Waals surface area contributed by atoms with Crippen molar-refractivity contribution in [3.63, 3.8) is 0 Å². The zero-order valence-corrected chi connectivity index (χ0v) is 14.4. The highest BCUT2D eigenvalue weighted by Gasteiger charge is 2.22. The first-order valence-electron chi connectivity index (χ1n) is 7.95. The summed E-state index contributed by atoms with van der Waals surface area (Å²) in [4.78, 5) is 23.3. The highest BCUT2D eigenvalue weighted by Crippen LogP contribution is 2.15. The second-order valence-corrected chi connectivity index (χ2v) is 6.19. The van der Waals surface area contributed by atoms with Gasteiger partial charge in [-0.1, -0.05) is 6.07 Å². The number of carbonyl (C=O) groups is 1. The summed E-state index contributed by atoms with van der Waals surface area (Å²) >= 11 is 0. The van der Waals surface area contributed by atoms with Gasteiger partial charge in [-0.15, -0.1) is 0 Å². The number of hydrogen-bond donors (Lipinski definition) is 0. The molecule has 0 N–H and O–H groups in total. The van der Waals surface area contributed by atoms with E-state index < -0.39 is 0 Å². The molecule has 3 heterocycles. The molecule has 6 nitrogen and oxygen atoms in total. The van der Waals surface area contributed by atoms with Gasteiger partial charge in [0.05, 0.1) is 6.20 Å². The van der Waals surface area contributed by atoms with Crippen LogP contribution in [-0.4, -0.2) is 43.5 Å². The normalized spacial score (nSPS) is 12.3. The standard InChI is InChI=1S/C18H21N5O/c1-12-9-20-17-15(10-21-23(17)11-12)18(24)22(4)14(3)8-16-13(2)6-5-7-19-16/h5-7,9-11,14H,8H2,1-4H3. The lowest BCUT2D eigenvalue weighted by molar-refractivity contribution is 0.0744. The molecule has 3 rings (SSSR count). The van der Waals surface area contributed by atoms with E-state index in [-0.39, 0.29) is 11.9 Å². The van der Waals surface area contributed by atoms with E-state index in [4.69, 9.17) is 0 Å². The Balaban J connectivity index is 1.82. The molecule has 0 fully saturated rings. The molecule has 3 aromatic heterocycles. The molecule has 0 aromatic carbocycles. The van der Waals surface area contributed by atoms with Crippen LogP contribution >= 0.6 is 0 Å². The van der Waals surface area contributed by atoms with Crippen LogP contribution in [0.15, 0.2) is 36.9 Å². The van der Waals surface area contributed by atoms with E-state index in [2.05, 4.69) is 15.1 Å². The largest absolute Gasteiger partial charge is 0.338 e. The number of carbonyl (C=O) groups excluding carboxylic acids is 1. The molecule has 0 bridgehead atoms. The molecule has 0 aliphatic heterocycles. The number of rotatable bonds is 4. The zero-order valence-electron chi connectivity index (χ0n) is 14.4. The molecule has 1 atom stereocenters. The van der Waals surface area contributed by atoms with Gasteiger partial charge in [-0.25, -0.2) is 9.50 Å². The first kappa shape index (κ1) is 16.1. The van der Waals surface area contributed by atoms with Crippen molar-refractivity contribution >= 4 is 11.6 Å². The van der Waals surface area contributed by atoms with Crippen LogP contribution in [0.5, 0.6) is 0 Å². The van der Waals surface area contributed by atoms with Crippen molar-refractivity contribution in [3.05, 3.63) is 59.3 Å². The Hall–Kier alpha value is -2.76. The molecule has 0 saturated carbocycles. The van der Waals surface area contributed by atoms with E-state index in [1.807, 2.05) is 46.1 Å². The molecule has 0 spiro atoms. The molecular weight excluding hydrogens is 302 g/mol. The molecule has 0 saturated heterocycles. The van der Waals surface area contributed by atoms with Gasteiger partial charge < -0.3 is 4.90 Å². The van der Waals surface area contributed by atoms with Crippen molar-refractivity contribution in [1.29, 1.82) is 0 Å². The van der Waals surface area contributed by atoms with Gasteiger partial charge in [-0.2, -0.15) is 5.10 Å². The Morgan fingerprint density at radius 1 is 1.29 bits per heavy atom. The number of likely N-dealkylation sites (N-methyl/N-ethyl adjacent to an activating group) is 1. The minimum atomic E-state index is -0.0811. The minimum Gasteiger partial charge on any atom is -0.338 e. The smallest absolute Gasteiger partial charge is 0.259 e. The van der Waals surface area contributed by atoms with Crippen LogP contribution in [0.4, 0.5) is 0 Å². The number of aromatic nitrogens is 4. The summed E-state index contributed by atoms with van der Waals surface area (Å²) in [5.41, 5.74) is 4.24. The van der Waals surface area contributed by atoms with Gasteiger partial charge in [0, 0.05) is 43.8 Å². The highest BCUT2D eigenvalue weighted by atomic mass is 16.2. The summed E-state index contributed by atoms with van der Waals surface area (Å²) < 4.78 is 1.64. The summed E-state index contributed by atoms with van der Waals surface area (Å²) in [6, 6.07) is 3.98. The number of hydrogen-bond acceptors (Lipinski definition) is 4. The molecule has 3 aromatic rings. The third-order valence-corrected chi connectivity index (χ3v) is 4.30. The lowest BCUT2D eigenvalue weighted by Gasteiger charge is -2.24. The quantitative estimate of drug-likeness (QED) is 0.740. The molecule has 0 aliphatic rings. The van der Waals surface area contributed by atoms with Gasteiger partial charge in [0.2, 0.25) is 0 Å². The molecule has 24 heavy (non-hydrogen) atoms. The lowest BCUT2D eigenvalue weighted by atomic mass is 10.1. The minimum absolute atomic E-state index is 0.0199. The first-order chi connectivity index (χ1) is 11.5. The number of aryl methyl sites for hydroxylation is 2. The second kappa shape index (κ2) is 6.39. The van der Waals surface area contributed by atoms with Crippen molar-refractivity contribution in [1.82, 2.24) is 24.5 Å². The van der Waals surface area contributed by atoms with Crippen molar-refractivity contribution in [2.45, 2.75) is 33.2 Å². The summed E-state index contributed by atoms with van der Waals surface area (Å²) in [5, 5.41) is 4.23. The molecule has 1 unspecified atom stereocenters. The Morgan fingerprint density at radius 3 is 2.83 bits per heavy atom. The first-order valence-corrected chi connectivity index (χ1v) is 7.95. The third-order valence-electron chi connectivity index (χ3n) is 4.30. The number of fused-ring (bicyclic) bond motifs is 1. The van der Waals surface area contributed by atoms with Gasteiger partial charge in [-0.3, -0.25) is 9.78 Å². The maximum absolute atomic E-state index is 12.8. The van der Waals surface area contributed by atoms with Crippen molar-refractivity contribution in [2.75, 3.05) is 7.05 Å². The fourth-order valence-electron chi connectivity index (χ4n) is 2.66. The Bertz CT molecular complexity index is 886. The van der Waals surface area contributed by atoms with Crippen LogP contribution in [0, 0.1) is 13.8 Å². The fourth-order valence-corrected chi connectivity index (χ4v) is 2.66. The van der Waals surface area contributed by atoms with Crippen LogP contribution in [0.1, 0.15) is 34.1 Å². The number of amides is 1. The summed E-state index contributed by atoms with van der Waals surface area (Å²) in [7, 11) is 1.81. The number of pyridine rings is 1. The van der Waals surface area contributed by atoms with Crippen molar-refractivity contribution in [3.8, 4) is 0 Å². The highest BCUT2D eigenvalue weighted by molar-refractivity contribution is 5.99. The van der Waals surface area contributed by atoms with E-state index in [0.717, 1.165) is 16.8 Å². The molecule has 124 valence electrons. The van der Waals surface area contributed by atoms with Gasteiger partial charge in [-0.05, 0) is 38.0 Å². The SMILES string of the molecule is Cc1cnc2c(C(=O)N(C)C(C)Cc3ncccc3C)cnn2c1. The van der Waals surface area contributed by atoms with Gasteiger partial charge in [0.1, 0.15) is 5.56 Å². The third kappa shape index (κ3) is 2.99.